The number of piperidine rings is 1. The Bertz CT molecular complexity index is 1540. The smallest absolute Gasteiger partial charge is 0.323 e. The van der Waals surface area contributed by atoms with Crippen molar-refractivity contribution in [3.8, 4) is 0 Å². The van der Waals surface area contributed by atoms with Crippen molar-refractivity contribution in [2.75, 3.05) is 40.4 Å². The first-order chi connectivity index (χ1) is 19.6. The van der Waals surface area contributed by atoms with Crippen LogP contribution in [0.3, 0.4) is 0 Å². The van der Waals surface area contributed by atoms with Crippen molar-refractivity contribution < 1.29 is 27.0 Å². The first-order valence-electron chi connectivity index (χ1n) is 14.3. The zero-order valence-electron chi connectivity index (χ0n) is 24.7. The highest BCUT2D eigenvalue weighted by Crippen LogP contribution is 2.54. The summed E-state index contributed by atoms with van der Waals surface area (Å²) in [5.41, 5.74) is 1.49. The number of hydrogen-bond donors (Lipinski definition) is 3. The third kappa shape index (κ3) is 7.63. The molecule has 3 N–H and O–H groups in total. The van der Waals surface area contributed by atoms with Gasteiger partial charge in [-0.1, -0.05) is 12.9 Å². The molecule has 1 aliphatic carbocycles. The minimum atomic E-state index is -4.04. The molecular weight excluding hydrogens is 577 g/mol. The van der Waals surface area contributed by atoms with Gasteiger partial charge in [0, 0.05) is 13.1 Å². The zero-order valence-corrected chi connectivity index (χ0v) is 26.3. The van der Waals surface area contributed by atoms with Crippen LogP contribution in [0.5, 0.6) is 0 Å². The van der Waals surface area contributed by atoms with Gasteiger partial charge >= 0.3 is 5.97 Å². The van der Waals surface area contributed by atoms with Gasteiger partial charge in [0.25, 0.3) is 5.91 Å². The van der Waals surface area contributed by atoms with Gasteiger partial charge in [-0.05, 0) is 88.5 Å². The van der Waals surface area contributed by atoms with Gasteiger partial charge in [0.15, 0.2) is 5.75 Å². The second-order valence-electron chi connectivity index (χ2n) is 12.1. The standard InChI is InChI=1S/C28H40BN5O6S2/c1-27(2,3)42(30,39)24-7-5-6-23(31-24)32-26(36)21-9-8-20(33-41(37,38)19-25(35)40-17-14-29-4)18-22(21)34-15-12-28(10-11-28)13-16-34/h5-9,18,29-30,33H,10-17,19H2,1-4H3,(H,31,32,36). The number of rotatable bonds is 11. The van der Waals surface area contributed by atoms with Gasteiger partial charge in [-0.25, -0.2) is 22.4 Å². The van der Waals surface area contributed by atoms with E-state index in [9.17, 15) is 22.2 Å². The van der Waals surface area contributed by atoms with Crippen LogP contribution in [0, 0.1) is 10.2 Å². The molecule has 1 aliphatic heterocycles. The molecule has 1 spiro atoms. The lowest BCUT2D eigenvalue weighted by atomic mass is 9.79. The number of pyridine rings is 1. The van der Waals surface area contributed by atoms with Gasteiger partial charge in [-0.15, -0.1) is 0 Å². The largest absolute Gasteiger partial charge is 0.466 e. The van der Waals surface area contributed by atoms with E-state index in [0.29, 0.717) is 23.0 Å². The van der Waals surface area contributed by atoms with E-state index in [4.69, 9.17) is 9.52 Å². The van der Waals surface area contributed by atoms with E-state index in [1.807, 2.05) is 6.82 Å². The number of amides is 1. The van der Waals surface area contributed by atoms with E-state index in [1.54, 1.807) is 39.0 Å². The van der Waals surface area contributed by atoms with Crippen molar-refractivity contribution in [2.24, 2.45) is 5.41 Å². The minimum Gasteiger partial charge on any atom is -0.466 e. The maximum atomic E-state index is 13.5. The highest BCUT2D eigenvalue weighted by molar-refractivity contribution is 7.93. The van der Waals surface area contributed by atoms with Crippen molar-refractivity contribution in [1.29, 1.82) is 4.78 Å². The second-order valence-corrected chi connectivity index (χ2v) is 16.6. The number of carbonyl (C=O) groups excluding carboxylic acids is 2. The molecule has 4 rings (SSSR count). The number of aromatic nitrogens is 1. The van der Waals surface area contributed by atoms with Crippen LogP contribution in [0.1, 0.15) is 56.8 Å². The predicted molar refractivity (Wildman–Crippen MR) is 167 cm³/mol. The summed E-state index contributed by atoms with van der Waals surface area (Å²) in [5, 5.41) is 2.84. The second kappa shape index (κ2) is 12.2. The van der Waals surface area contributed by atoms with Crippen LogP contribution in [-0.4, -0.2) is 67.0 Å². The first kappa shape index (κ1) is 31.8. The summed E-state index contributed by atoms with van der Waals surface area (Å²) in [4.78, 5) is 32.0. The zero-order chi connectivity index (χ0) is 30.8. The Morgan fingerprint density at radius 1 is 1.10 bits per heavy atom. The fraction of sp³-hybridized carbons (Fsp3) is 0.536. The molecule has 1 saturated carbocycles. The molecule has 228 valence electrons. The normalized spacial score (nSPS) is 17.7. The average molecular weight is 618 g/mol. The summed E-state index contributed by atoms with van der Waals surface area (Å²) in [6.07, 6.45) is 5.04. The summed E-state index contributed by atoms with van der Waals surface area (Å²) in [6, 6.07) is 9.31. The Labute approximate surface area is 249 Å². The first-order valence-corrected chi connectivity index (χ1v) is 17.5. The average Bonchev–Trinajstić information content (AvgIpc) is 3.66. The third-order valence-corrected chi connectivity index (χ3v) is 11.5. The summed E-state index contributed by atoms with van der Waals surface area (Å²) in [5.74, 6) is -1.94. The van der Waals surface area contributed by atoms with Gasteiger partial charge in [0.1, 0.15) is 18.1 Å². The molecule has 2 heterocycles. The molecule has 14 heteroatoms. The molecule has 0 bridgehead atoms. The van der Waals surface area contributed by atoms with Gasteiger partial charge in [-0.3, -0.25) is 14.3 Å². The highest BCUT2D eigenvalue weighted by atomic mass is 32.2. The van der Waals surface area contributed by atoms with E-state index in [0.717, 1.165) is 33.2 Å². The number of esters is 1. The van der Waals surface area contributed by atoms with Crippen LogP contribution in [-0.2, 0) is 29.3 Å². The Hall–Kier alpha value is -3.13. The van der Waals surface area contributed by atoms with Crippen molar-refractivity contribution in [3.63, 3.8) is 0 Å². The molecule has 1 saturated heterocycles. The molecule has 0 radical (unpaired) electrons. The number of sulfonamides is 1. The predicted octanol–water partition coefficient (Wildman–Crippen LogP) is 4.11. The van der Waals surface area contributed by atoms with Crippen molar-refractivity contribution >= 4 is 56.1 Å². The molecule has 2 fully saturated rings. The van der Waals surface area contributed by atoms with Crippen molar-refractivity contribution in [2.45, 2.75) is 69.4 Å². The number of hydrogen-bond acceptors (Lipinski definition) is 9. The van der Waals surface area contributed by atoms with Crippen LogP contribution >= 0.6 is 0 Å². The number of nitrogens with one attached hydrogen (secondary N) is 3. The molecule has 2 aliphatic rings. The lowest BCUT2D eigenvalue weighted by Gasteiger charge is -2.35. The molecule has 1 unspecified atom stereocenters. The molecule has 11 nitrogen and oxygen atoms in total. The summed E-state index contributed by atoms with van der Waals surface area (Å²) < 4.78 is 53.6. The Morgan fingerprint density at radius 2 is 1.79 bits per heavy atom. The van der Waals surface area contributed by atoms with E-state index < -0.39 is 42.1 Å². The molecule has 1 aromatic heterocycles. The maximum Gasteiger partial charge on any atom is 0.323 e. The summed E-state index contributed by atoms with van der Waals surface area (Å²) >= 11 is 0. The van der Waals surface area contributed by atoms with E-state index in [2.05, 4.69) is 19.9 Å². The highest BCUT2D eigenvalue weighted by Gasteiger charge is 2.44. The number of benzene rings is 1. The monoisotopic (exact) mass is 617 g/mol. The summed E-state index contributed by atoms with van der Waals surface area (Å²) in [6.45, 7) is 8.67. The third-order valence-electron chi connectivity index (χ3n) is 7.83. The van der Waals surface area contributed by atoms with E-state index in [-0.39, 0.29) is 23.1 Å². The number of anilines is 3. The molecule has 1 amide bonds. The lowest BCUT2D eigenvalue weighted by molar-refractivity contribution is -0.139. The van der Waals surface area contributed by atoms with Crippen LogP contribution < -0.4 is 14.9 Å². The van der Waals surface area contributed by atoms with Gasteiger partial charge in [0.05, 0.1) is 38.0 Å². The van der Waals surface area contributed by atoms with Crippen LogP contribution in [0.2, 0.25) is 13.1 Å². The van der Waals surface area contributed by atoms with Crippen molar-refractivity contribution in [3.05, 3.63) is 42.0 Å². The molecular formula is C28H40BN5O6S2. The topological polar surface area (TPSA) is 159 Å². The number of ether oxygens (including phenoxy) is 1. The van der Waals surface area contributed by atoms with Gasteiger partial charge in [-0.2, -0.15) is 0 Å². The van der Waals surface area contributed by atoms with E-state index in [1.165, 1.54) is 31.0 Å². The number of carbonyl (C=O) groups is 2. The van der Waals surface area contributed by atoms with Crippen LogP contribution in [0.4, 0.5) is 17.2 Å². The van der Waals surface area contributed by atoms with Gasteiger partial charge in [0.2, 0.25) is 10.0 Å². The maximum absolute atomic E-state index is 13.5. The fourth-order valence-corrected chi connectivity index (χ4v) is 6.91. The Morgan fingerprint density at radius 3 is 2.40 bits per heavy atom. The number of nitrogens with zero attached hydrogens (tertiary/aromatic N) is 2. The fourth-order valence-electron chi connectivity index (χ4n) is 4.83. The summed E-state index contributed by atoms with van der Waals surface area (Å²) in [7, 11) is -6.45. The molecule has 42 heavy (non-hydrogen) atoms. The lowest BCUT2D eigenvalue weighted by Crippen LogP contribution is -2.36. The Balaban J connectivity index is 1.58. The molecule has 1 aromatic carbocycles. The van der Waals surface area contributed by atoms with Crippen LogP contribution in [0.15, 0.2) is 41.4 Å². The van der Waals surface area contributed by atoms with E-state index >= 15 is 0 Å². The van der Waals surface area contributed by atoms with Crippen LogP contribution in [0.25, 0.3) is 0 Å². The molecule has 1 atom stereocenters. The van der Waals surface area contributed by atoms with Gasteiger partial charge < -0.3 is 15.0 Å². The van der Waals surface area contributed by atoms with Crippen molar-refractivity contribution in [1.82, 2.24) is 4.98 Å². The minimum absolute atomic E-state index is 0.0803. The Kier molecular flexibility index (Phi) is 9.27. The SMILES string of the molecule is CBCCOC(=O)CS(=O)(=O)Nc1ccc(C(=O)Nc2cccc(S(=N)(=O)C(C)(C)C)n2)c(N2CCC3(CC2)CC3)c1. The molecule has 2 aromatic rings. The quantitative estimate of drug-likeness (QED) is 0.193.